The van der Waals surface area contributed by atoms with E-state index in [9.17, 15) is 24.3 Å². The molecule has 4 rings (SSSR count). The number of hydrogen-bond acceptors (Lipinski definition) is 5. The number of aliphatic carboxylic acids is 1. The number of nitrogens with one attached hydrogen (secondary N) is 5. The first-order valence-corrected chi connectivity index (χ1v) is 15.9. The van der Waals surface area contributed by atoms with Crippen molar-refractivity contribution in [3.05, 3.63) is 52.7 Å². The molecule has 13 heteroatoms. The lowest BCUT2D eigenvalue weighted by molar-refractivity contribution is -0.142. The first-order valence-electron chi connectivity index (χ1n) is 15.1. The zero-order valence-corrected chi connectivity index (χ0v) is 27.1. The van der Waals surface area contributed by atoms with Crippen molar-refractivity contribution in [3.8, 4) is 0 Å². The Morgan fingerprint density at radius 1 is 1.00 bits per heavy atom. The van der Waals surface area contributed by atoms with Crippen LogP contribution < -0.4 is 16.0 Å². The van der Waals surface area contributed by atoms with E-state index in [1.165, 1.54) is 12.5 Å². The number of fused-ring (bicyclic) bond motifs is 1. The lowest BCUT2D eigenvalue weighted by Crippen LogP contribution is -2.59. The van der Waals surface area contributed by atoms with E-state index in [1.54, 1.807) is 4.90 Å². The zero-order valence-electron chi connectivity index (χ0n) is 25.5. The summed E-state index contributed by atoms with van der Waals surface area (Å²) >= 11 is 3.55. The normalized spacial score (nSPS) is 18.9. The van der Waals surface area contributed by atoms with E-state index in [0.29, 0.717) is 16.7 Å². The van der Waals surface area contributed by atoms with Crippen molar-refractivity contribution >= 4 is 50.6 Å². The highest BCUT2D eigenvalue weighted by atomic mass is 79.9. The second kappa shape index (κ2) is 14.7. The van der Waals surface area contributed by atoms with Gasteiger partial charge in [-0.15, -0.1) is 0 Å². The van der Waals surface area contributed by atoms with Crippen LogP contribution >= 0.6 is 15.9 Å². The van der Waals surface area contributed by atoms with Gasteiger partial charge in [-0.2, -0.15) is 0 Å². The van der Waals surface area contributed by atoms with Crippen molar-refractivity contribution in [2.45, 2.75) is 96.4 Å². The van der Waals surface area contributed by atoms with Gasteiger partial charge in [-0.25, -0.2) is 14.6 Å². The van der Waals surface area contributed by atoms with Crippen LogP contribution in [0, 0.1) is 5.92 Å². The lowest BCUT2D eigenvalue weighted by atomic mass is 9.97. The van der Waals surface area contributed by atoms with Gasteiger partial charge in [-0.3, -0.25) is 9.59 Å². The maximum Gasteiger partial charge on any atom is 0.326 e. The van der Waals surface area contributed by atoms with Crippen molar-refractivity contribution in [1.29, 1.82) is 0 Å². The van der Waals surface area contributed by atoms with Gasteiger partial charge < -0.3 is 35.9 Å². The van der Waals surface area contributed by atoms with Gasteiger partial charge in [0, 0.05) is 47.7 Å². The van der Waals surface area contributed by atoms with Crippen molar-refractivity contribution in [3.63, 3.8) is 0 Å². The van der Waals surface area contributed by atoms with Gasteiger partial charge in [-0.1, -0.05) is 32.0 Å². The standard InChI is InChI=1S/C31H42BrN7O5/c1-17(2)12-24(38-31(44)39-18(3)8-7-9-19(39)4)28(40)36-25(14-22-21-10-5-6-11-23(21)35-27(22)32)29(41)37-26(30(42)43)13-20-15-33-16-34-20/h5-6,10-11,15-19,24-26,35H,7-9,12-14H2,1-4H3,(H,33,34)(H,36,40)(H,37,41)(H,38,44)(H,42,43)/t18-,19+,24-,25+,26+/m0/s1. The summed E-state index contributed by atoms with van der Waals surface area (Å²) < 4.78 is 0.651. The maximum atomic E-state index is 13.9. The Balaban J connectivity index is 1.59. The number of carboxylic acids is 1. The Labute approximate surface area is 265 Å². The molecule has 0 unspecified atom stereocenters. The molecule has 1 aromatic carbocycles. The molecule has 0 radical (unpaired) electrons. The summed E-state index contributed by atoms with van der Waals surface area (Å²) in [6.07, 6.45) is 6.16. The molecule has 4 amide bonds. The summed E-state index contributed by atoms with van der Waals surface area (Å²) in [6, 6.07) is 4.05. The molecule has 238 valence electrons. The fraction of sp³-hybridized carbons (Fsp3) is 0.516. The smallest absolute Gasteiger partial charge is 0.326 e. The van der Waals surface area contributed by atoms with E-state index in [4.69, 9.17) is 0 Å². The van der Waals surface area contributed by atoms with Gasteiger partial charge in [-0.05, 0) is 73.0 Å². The number of likely N-dealkylation sites (tertiary alicyclic amines) is 1. The highest BCUT2D eigenvalue weighted by Gasteiger charge is 2.34. The number of halogens is 1. The van der Waals surface area contributed by atoms with Crippen LogP contribution in [0.5, 0.6) is 0 Å². The first-order chi connectivity index (χ1) is 20.9. The van der Waals surface area contributed by atoms with Gasteiger partial charge >= 0.3 is 12.0 Å². The summed E-state index contributed by atoms with van der Waals surface area (Å²) in [6.45, 7) is 7.93. The Morgan fingerprint density at radius 3 is 2.30 bits per heavy atom. The maximum absolute atomic E-state index is 13.9. The minimum atomic E-state index is -1.26. The molecule has 1 fully saturated rings. The molecule has 3 aromatic rings. The Hall–Kier alpha value is -3.87. The van der Waals surface area contributed by atoms with E-state index in [2.05, 4.69) is 46.8 Å². The molecule has 5 atom stereocenters. The van der Waals surface area contributed by atoms with E-state index in [1.807, 2.05) is 52.0 Å². The number of H-pyrrole nitrogens is 2. The molecular weight excluding hydrogens is 630 g/mol. The molecule has 0 aliphatic carbocycles. The number of aromatic nitrogens is 3. The average Bonchev–Trinajstić information content (AvgIpc) is 3.58. The zero-order chi connectivity index (χ0) is 32.0. The van der Waals surface area contributed by atoms with Crippen molar-refractivity contribution < 1.29 is 24.3 Å². The number of benzene rings is 1. The second-order valence-electron chi connectivity index (χ2n) is 12.1. The fourth-order valence-corrected chi connectivity index (χ4v) is 6.48. The number of imidazole rings is 1. The van der Waals surface area contributed by atoms with Gasteiger partial charge in [0.15, 0.2) is 0 Å². The molecule has 3 heterocycles. The van der Waals surface area contributed by atoms with E-state index < -0.39 is 35.9 Å². The van der Waals surface area contributed by atoms with Crippen LogP contribution in [0.15, 0.2) is 41.4 Å². The van der Waals surface area contributed by atoms with E-state index in [-0.39, 0.29) is 36.9 Å². The summed E-state index contributed by atoms with van der Waals surface area (Å²) in [4.78, 5) is 65.0. The van der Waals surface area contributed by atoms with Gasteiger partial charge in [0.25, 0.3) is 0 Å². The minimum Gasteiger partial charge on any atom is -0.480 e. The number of amides is 4. The number of urea groups is 1. The fourth-order valence-electron chi connectivity index (χ4n) is 5.89. The van der Waals surface area contributed by atoms with Crippen LogP contribution in [0.1, 0.15) is 64.6 Å². The molecule has 0 bridgehead atoms. The third kappa shape index (κ3) is 8.19. The van der Waals surface area contributed by atoms with Crippen molar-refractivity contribution in [1.82, 2.24) is 35.8 Å². The minimum absolute atomic E-state index is 0.0171. The number of para-hydroxylation sites is 1. The number of carbonyl (C=O) groups excluding carboxylic acids is 3. The van der Waals surface area contributed by atoms with Crippen LogP contribution in [-0.2, 0) is 27.2 Å². The van der Waals surface area contributed by atoms with E-state index >= 15 is 0 Å². The predicted molar refractivity (Wildman–Crippen MR) is 170 cm³/mol. The summed E-state index contributed by atoms with van der Waals surface area (Å²) in [5, 5.41) is 19.1. The number of carboxylic acid groups (broad SMARTS) is 1. The number of nitrogens with zero attached hydrogens (tertiary/aromatic N) is 2. The molecule has 12 nitrogen and oxygen atoms in total. The number of piperidine rings is 1. The second-order valence-corrected chi connectivity index (χ2v) is 12.9. The Bertz CT molecular complexity index is 1450. The molecule has 44 heavy (non-hydrogen) atoms. The van der Waals surface area contributed by atoms with Crippen molar-refractivity contribution in [2.24, 2.45) is 5.92 Å². The number of rotatable bonds is 12. The molecule has 6 N–H and O–H groups in total. The van der Waals surface area contributed by atoms with Gasteiger partial charge in [0.05, 0.1) is 10.9 Å². The van der Waals surface area contributed by atoms with Crippen LogP contribution in [0.25, 0.3) is 10.9 Å². The summed E-state index contributed by atoms with van der Waals surface area (Å²) in [7, 11) is 0. The van der Waals surface area contributed by atoms with Crippen LogP contribution in [-0.4, -0.2) is 79.0 Å². The highest BCUT2D eigenvalue weighted by molar-refractivity contribution is 9.10. The summed E-state index contributed by atoms with van der Waals surface area (Å²) in [5.74, 6) is -2.32. The molecule has 0 spiro atoms. The molecule has 1 saturated heterocycles. The van der Waals surface area contributed by atoms with Gasteiger partial charge in [0.2, 0.25) is 11.8 Å². The third-order valence-corrected chi connectivity index (χ3v) is 8.82. The van der Waals surface area contributed by atoms with E-state index in [0.717, 1.165) is 35.7 Å². The van der Waals surface area contributed by atoms with Crippen LogP contribution in [0.4, 0.5) is 4.79 Å². The quantitative estimate of drug-likeness (QED) is 0.171. The predicted octanol–water partition coefficient (Wildman–Crippen LogP) is 3.88. The number of aromatic amines is 2. The van der Waals surface area contributed by atoms with Crippen LogP contribution in [0.3, 0.4) is 0 Å². The largest absolute Gasteiger partial charge is 0.480 e. The van der Waals surface area contributed by atoms with Crippen LogP contribution in [0.2, 0.25) is 0 Å². The molecule has 0 saturated carbocycles. The molecule has 2 aromatic heterocycles. The Morgan fingerprint density at radius 2 is 1.66 bits per heavy atom. The van der Waals surface area contributed by atoms with Gasteiger partial charge in [0.1, 0.15) is 18.1 Å². The summed E-state index contributed by atoms with van der Waals surface area (Å²) in [5.41, 5.74) is 2.14. The topological polar surface area (TPSA) is 172 Å². The molecule has 1 aliphatic rings. The Kier molecular flexibility index (Phi) is 11.1. The highest BCUT2D eigenvalue weighted by Crippen LogP contribution is 2.28. The SMILES string of the molecule is CC(C)C[C@H](NC(=O)N1[C@H](C)CCC[C@@H]1C)C(=O)N[C@H](Cc1c(Br)[nH]c2ccccc12)C(=O)N[C@H](Cc1cnc[nH]1)C(=O)O. The molecule has 1 aliphatic heterocycles. The number of carbonyl (C=O) groups is 4. The lowest BCUT2D eigenvalue weighted by Gasteiger charge is -2.39. The first kappa shape index (κ1) is 33.0. The van der Waals surface area contributed by atoms with Crippen molar-refractivity contribution in [2.75, 3.05) is 0 Å². The third-order valence-electron chi connectivity index (χ3n) is 8.15. The number of hydrogen-bond donors (Lipinski definition) is 6. The average molecular weight is 673 g/mol. The molecular formula is C31H42BrN7O5. The monoisotopic (exact) mass is 671 g/mol.